The third-order valence-electron chi connectivity index (χ3n) is 5.70. The summed E-state index contributed by atoms with van der Waals surface area (Å²) in [7, 11) is 3.16. The molecular weight excluding hydrogens is 490 g/mol. The van der Waals surface area contributed by atoms with Crippen molar-refractivity contribution < 1.29 is 14.2 Å². The van der Waals surface area contributed by atoms with Gasteiger partial charge in [-0.05, 0) is 47.0 Å². The molecule has 3 aromatic carbocycles. The van der Waals surface area contributed by atoms with Gasteiger partial charge >= 0.3 is 0 Å². The van der Waals surface area contributed by atoms with Crippen molar-refractivity contribution >= 4 is 22.4 Å². The van der Waals surface area contributed by atoms with E-state index >= 15 is 0 Å². The zero-order valence-corrected chi connectivity index (χ0v) is 21.0. The van der Waals surface area contributed by atoms with Crippen molar-refractivity contribution in [2.45, 2.75) is 13.0 Å². The molecule has 2 aromatic heterocycles. The van der Waals surface area contributed by atoms with Crippen LogP contribution in [0.15, 0.2) is 82.4 Å². The van der Waals surface area contributed by atoms with Crippen LogP contribution in [0.1, 0.15) is 22.4 Å². The van der Waals surface area contributed by atoms with E-state index in [1.165, 1.54) is 4.52 Å². The highest BCUT2D eigenvalue weighted by atomic mass is 32.1. The van der Waals surface area contributed by atoms with Crippen LogP contribution in [0.3, 0.4) is 0 Å². The van der Waals surface area contributed by atoms with Crippen molar-refractivity contribution in [3.8, 4) is 17.2 Å². The lowest BCUT2D eigenvalue weighted by molar-refractivity contribution is 0.284. The summed E-state index contributed by atoms with van der Waals surface area (Å²) in [6.45, 7) is 0.408. The quantitative estimate of drug-likeness (QED) is 0.315. The van der Waals surface area contributed by atoms with E-state index in [4.69, 9.17) is 14.2 Å². The van der Waals surface area contributed by atoms with Crippen molar-refractivity contribution in [2.24, 2.45) is 0 Å². The SMILES string of the molecule is COc1ccc(Cc2nn3c(=O)/c(=C\c4ccc(OCc5ccccc5)c(OC)c4)sc3nc2=O)cc1. The molecule has 0 amide bonds. The summed E-state index contributed by atoms with van der Waals surface area (Å²) in [6.07, 6.45) is 1.98. The highest BCUT2D eigenvalue weighted by molar-refractivity contribution is 7.15. The van der Waals surface area contributed by atoms with Crippen molar-refractivity contribution in [1.29, 1.82) is 0 Å². The first-order valence-corrected chi connectivity index (χ1v) is 12.3. The molecule has 37 heavy (non-hydrogen) atoms. The second-order valence-corrected chi connectivity index (χ2v) is 9.19. The number of ether oxygens (including phenoxy) is 3. The highest BCUT2D eigenvalue weighted by Crippen LogP contribution is 2.29. The van der Waals surface area contributed by atoms with Gasteiger partial charge in [-0.15, -0.1) is 0 Å². The molecule has 0 radical (unpaired) electrons. The average molecular weight is 514 g/mol. The Bertz CT molecular complexity index is 1710. The molecule has 0 aliphatic heterocycles. The first-order chi connectivity index (χ1) is 18.0. The zero-order chi connectivity index (χ0) is 25.8. The summed E-state index contributed by atoms with van der Waals surface area (Å²) in [5.41, 5.74) is 2.06. The van der Waals surface area contributed by atoms with Gasteiger partial charge in [-0.2, -0.15) is 14.6 Å². The number of benzene rings is 3. The second kappa shape index (κ2) is 10.6. The summed E-state index contributed by atoms with van der Waals surface area (Å²) in [4.78, 5) is 30.0. The van der Waals surface area contributed by atoms with Crippen LogP contribution in [-0.4, -0.2) is 28.8 Å². The van der Waals surface area contributed by atoms with E-state index in [9.17, 15) is 9.59 Å². The minimum absolute atomic E-state index is 0.200. The Balaban J connectivity index is 1.43. The molecule has 0 aliphatic carbocycles. The number of methoxy groups -OCH3 is 2. The molecule has 0 saturated heterocycles. The van der Waals surface area contributed by atoms with E-state index in [1.54, 1.807) is 32.4 Å². The predicted molar refractivity (Wildman–Crippen MR) is 142 cm³/mol. The van der Waals surface area contributed by atoms with Gasteiger partial charge in [0.1, 0.15) is 18.1 Å². The molecule has 2 heterocycles. The lowest BCUT2D eigenvalue weighted by atomic mass is 10.1. The number of thiazole rings is 1. The molecule has 0 atom stereocenters. The maximum atomic E-state index is 13.1. The molecule has 8 nitrogen and oxygen atoms in total. The Morgan fingerprint density at radius 1 is 0.892 bits per heavy atom. The van der Waals surface area contributed by atoms with Crippen LogP contribution in [0.5, 0.6) is 17.2 Å². The fourth-order valence-corrected chi connectivity index (χ4v) is 4.67. The topological polar surface area (TPSA) is 92.0 Å². The van der Waals surface area contributed by atoms with Crippen molar-refractivity contribution in [1.82, 2.24) is 14.6 Å². The van der Waals surface area contributed by atoms with E-state index in [1.807, 2.05) is 60.7 Å². The predicted octanol–water partition coefficient (Wildman–Crippen LogP) is 3.25. The Morgan fingerprint density at radius 2 is 1.68 bits per heavy atom. The van der Waals surface area contributed by atoms with Crippen LogP contribution in [0.4, 0.5) is 0 Å². The van der Waals surface area contributed by atoms with Gasteiger partial charge in [-0.1, -0.05) is 59.9 Å². The van der Waals surface area contributed by atoms with Crippen molar-refractivity contribution in [2.75, 3.05) is 14.2 Å². The maximum absolute atomic E-state index is 13.1. The first kappa shape index (κ1) is 24.2. The maximum Gasteiger partial charge on any atom is 0.296 e. The van der Waals surface area contributed by atoms with Crippen molar-refractivity contribution in [3.63, 3.8) is 0 Å². The molecule has 0 spiro atoms. The minimum atomic E-state index is -0.454. The summed E-state index contributed by atoms with van der Waals surface area (Å²) in [5, 5.41) is 4.32. The number of fused-ring (bicyclic) bond motifs is 1. The monoisotopic (exact) mass is 513 g/mol. The summed E-state index contributed by atoms with van der Waals surface area (Å²) >= 11 is 1.11. The molecule has 0 bridgehead atoms. The third kappa shape index (κ3) is 5.36. The normalized spacial score (nSPS) is 11.6. The summed E-state index contributed by atoms with van der Waals surface area (Å²) in [5.74, 6) is 1.86. The van der Waals surface area contributed by atoms with Gasteiger partial charge in [0.15, 0.2) is 11.5 Å². The van der Waals surface area contributed by atoms with Crippen LogP contribution in [0.2, 0.25) is 0 Å². The van der Waals surface area contributed by atoms with Crippen LogP contribution in [0, 0.1) is 0 Å². The number of hydrogen-bond donors (Lipinski definition) is 0. The van der Waals surface area contributed by atoms with E-state index in [-0.39, 0.29) is 22.6 Å². The Kier molecular flexibility index (Phi) is 6.96. The van der Waals surface area contributed by atoms with Crippen LogP contribution in [-0.2, 0) is 13.0 Å². The molecule has 0 N–H and O–H groups in total. The molecular formula is C28H23N3O5S. The molecule has 5 aromatic rings. The second-order valence-electron chi connectivity index (χ2n) is 8.18. The van der Waals surface area contributed by atoms with E-state index in [0.29, 0.717) is 28.4 Å². The Morgan fingerprint density at radius 3 is 2.41 bits per heavy atom. The van der Waals surface area contributed by atoms with Crippen LogP contribution in [0.25, 0.3) is 11.0 Å². The van der Waals surface area contributed by atoms with Gasteiger partial charge < -0.3 is 14.2 Å². The fraction of sp³-hybridized carbons (Fsp3) is 0.143. The molecule has 0 fully saturated rings. The molecule has 186 valence electrons. The fourth-order valence-electron chi connectivity index (χ4n) is 3.77. The number of nitrogens with zero attached hydrogens (tertiary/aromatic N) is 3. The largest absolute Gasteiger partial charge is 0.497 e. The minimum Gasteiger partial charge on any atom is -0.497 e. The lowest BCUT2D eigenvalue weighted by Gasteiger charge is -2.11. The number of rotatable bonds is 8. The average Bonchev–Trinajstić information content (AvgIpc) is 3.22. The smallest absolute Gasteiger partial charge is 0.296 e. The standard InChI is InChI=1S/C28H23N3O5S/c1-34-21-11-8-18(9-12-21)14-22-26(32)29-28-31(30-22)27(33)25(37-28)16-20-10-13-23(24(15-20)35-2)36-17-19-6-4-3-5-7-19/h3-13,15-16H,14,17H2,1-2H3/b25-16+. The summed E-state index contributed by atoms with van der Waals surface area (Å²) < 4.78 is 18.2. The molecule has 5 rings (SSSR count). The molecule has 0 saturated carbocycles. The van der Waals surface area contributed by atoms with Crippen LogP contribution >= 0.6 is 11.3 Å². The van der Waals surface area contributed by atoms with Gasteiger partial charge in [0.25, 0.3) is 11.1 Å². The van der Waals surface area contributed by atoms with Gasteiger partial charge in [-0.25, -0.2) is 0 Å². The molecule has 9 heteroatoms. The number of aromatic nitrogens is 3. The van der Waals surface area contributed by atoms with E-state index in [2.05, 4.69) is 10.1 Å². The van der Waals surface area contributed by atoms with Gasteiger partial charge in [0, 0.05) is 6.42 Å². The molecule has 0 unspecified atom stereocenters. The van der Waals surface area contributed by atoms with Gasteiger partial charge in [0.2, 0.25) is 4.96 Å². The lowest BCUT2D eigenvalue weighted by Crippen LogP contribution is -2.28. The third-order valence-corrected chi connectivity index (χ3v) is 6.66. The van der Waals surface area contributed by atoms with Gasteiger partial charge in [-0.3, -0.25) is 9.59 Å². The van der Waals surface area contributed by atoms with E-state index < -0.39 is 5.56 Å². The van der Waals surface area contributed by atoms with E-state index in [0.717, 1.165) is 28.0 Å². The first-order valence-electron chi connectivity index (χ1n) is 11.5. The number of hydrogen-bond acceptors (Lipinski definition) is 8. The highest BCUT2D eigenvalue weighted by Gasteiger charge is 2.12. The van der Waals surface area contributed by atoms with Gasteiger partial charge in [0.05, 0.1) is 18.8 Å². The zero-order valence-electron chi connectivity index (χ0n) is 20.2. The Hall–Kier alpha value is -4.50. The summed E-state index contributed by atoms with van der Waals surface area (Å²) in [6, 6.07) is 22.6. The van der Waals surface area contributed by atoms with Crippen molar-refractivity contribution in [3.05, 3.63) is 120 Å². The Labute approximate surface area is 216 Å². The van der Waals surface area contributed by atoms with Crippen LogP contribution < -0.4 is 29.9 Å². The molecule has 0 aliphatic rings.